The van der Waals surface area contributed by atoms with Crippen LogP contribution in [0.1, 0.15) is 0 Å². The van der Waals surface area contributed by atoms with Crippen LogP contribution in [0.5, 0.6) is 0 Å². The molecule has 0 aliphatic carbocycles. The number of aromatic amines is 1. The first-order chi connectivity index (χ1) is 9.31. The molecule has 2 fully saturated rings. The molecule has 5 nitrogen and oxygen atoms in total. The second kappa shape index (κ2) is 4.21. The summed E-state index contributed by atoms with van der Waals surface area (Å²) >= 11 is 0. The summed E-state index contributed by atoms with van der Waals surface area (Å²) in [5, 5.41) is 0. The molecule has 0 radical (unpaired) electrons. The zero-order chi connectivity index (χ0) is 12.8. The van der Waals surface area contributed by atoms with Crippen molar-refractivity contribution in [2.45, 2.75) is 12.1 Å². The van der Waals surface area contributed by atoms with E-state index in [-0.39, 0.29) is 0 Å². The lowest BCUT2D eigenvalue weighted by Crippen LogP contribution is -2.48. The third-order valence-corrected chi connectivity index (χ3v) is 4.35. The molecule has 2 aliphatic rings. The van der Waals surface area contributed by atoms with E-state index in [0.717, 1.165) is 37.3 Å². The Morgan fingerprint density at radius 3 is 3.21 bits per heavy atom. The number of hydrogen-bond donors (Lipinski definition) is 1. The zero-order valence-corrected chi connectivity index (χ0v) is 11.0. The molecule has 0 spiro atoms. The van der Waals surface area contributed by atoms with Gasteiger partial charge in [0.15, 0.2) is 0 Å². The zero-order valence-electron chi connectivity index (χ0n) is 11.0. The Labute approximate surface area is 112 Å². The number of H-pyrrole nitrogens is 1. The Hall–Kier alpha value is -1.59. The van der Waals surface area contributed by atoms with Gasteiger partial charge >= 0.3 is 0 Å². The first-order valence-corrected chi connectivity index (χ1v) is 6.81. The number of aromatic nitrogens is 2. The molecule has 0 unspecified atom stereocenters. The van der Waals surface area contributed by atoms with Crippen LogP contribution in [-0.2, 0) is 4.74 Å². The number of nitrogens with one attached hydrogen (secondary N) is 1. The topological polar surface area (TPSA) is 44.4 Å². The van der Waals surface area contributed by atoms with Gasteiger partial charge in [0.2, 0.25) is 0 Å². The molecule has 0 saturated carbocycles. The Bertz CT molecular complexity index is 596. The highest BCUT2D eigenvalue weighted by atomic mass is 16.5. The number of fused-ring (bicyclic) bond motifs is 2. The van der Waals surface area contributed by atoms with Gasteiger partial charge in [0.1, 0.15) is 0 Å². The predicted octanol–water partition coefficient (Wildman–Crippen LogP) is 1.08. The van der Waals surface area contributed by atoms with Gasteiger partial charge in [0, 0.05) is 25.3 Å². The number of morpholine rings is 1. The van der Waals surface area contributed by atoms with Crippen LogP contribution < -0.4 is 4.90 Å². The molecule has 100 valence electrons. The second-order valence-electron chi connectivity index (χ2n) is 5.47. The lowest BCUT2D eigenvalue weighted by molar-refractivity contribution is -0.0362. The van der Waals surface area contributed by atoms with Crippen LogP contribution in [0.15, 0.2) is 24.5 Å². The number of imidazole rings is 1. The number of rotatable bonds is 1. The van der Waals surface area contributed by atoms with Crippen molar-refractivity contribution < 1.29 is 4.74 Å². The lowest BCUT2D eigenvalue weighted by Gasteiger charge is -2.33. The van der Waals surface area contributed by atoms with Crippen LogP contribution in [0.4, 0.5) is 5.69 Å². The minimum Gasteiger partial charge on any atom is -0.373 e. The molecule has 3 heterocycles. The highest BCUT2D eigenvalue weighted by Crippen LogP contribution is 2.28. The average Bonchev–Trinajstić information content (AvgIpc) is 3.04. The number of likely N-dealkylation sites (N-methyl/N-ethyl adjacent to an activating group) is 1. The summed E-state index contributed by atoms with van der Waals surface area (Å²) in [7, 11) is 2.20. The summed E-state index contributed by atoms with van der Waals surface area (Å²) in [5.41, 5.74) is 3.36. The third kappa shape index (κ3) is 1.81. The molecule has 4 rings (SSSR count). The van der Waals surface area contributed by atoms with E-state index >= 15 is 0 Å². The van der Waals surface area contributed by atoms with E-state index in [0.29, 0.717) is 12.1 Å². The summed E-state index contributed by atoms with van der Waals surface area (Å²) in [6.07, 6.45) is 2.09. The summed E-state index contributed by atoms with van der Waals surface area (Å²) in [6.45, 7) is 3.90. The Morgan fingerprint density at radius 1 is 1.37 bits per heavy atom. The molecule has 1 N–H and O–H groups in total. The maximum atomic E-state index is 5.89. The fourth-order valence-corrected chi connectivity index (χ4v) is 3.19. The molecule has 5 heteroatoms. The highest BCUT2D eigenvalue weighted by Gasteiger charge is 2.38. The minimum absolute atomic E-state index is 0.341. The van der Waals surface area contributed by atoms with Crippen molar-refractivity contribution in [2.24, 2.45) is 0 Å². The Kier molecular flexibility index (Phi) is 2.50. The summed E-state index contributed by atoms with van der Waals surface area (Å²) in [5.74, 6) is 0. The van der Waals surface area contributed by atoms with Crippen LogP contribution in [-0.4, -0.2) is 60.3 Å². The number of benzene rings is 1. The number of nitrogens with zero attached hydrogens (tertiary/aromatic N) is 3. The van der Waals surface area contributed by atoms with E-state index in [1.165, 1.54) is 5.69 Å². The monoisotopic (exact) mass is 258 g/mol. The molecular formula is C14H18N4O. The summed E-state index contributed by atoms with van der Waals surface area (Å²) < 4.78 is 5.89. The van der Waals surface area contributed by atoms with Crippen molar-refractivity contribution in [1.82, 2.24) is 14.9 Å². The number of ether oxygens (including phenoxy) is 1. The van der Waals surface area contributed by atoms with Gasteiger partial charge in [-0.05, 0) is 25.2 Å². The van der Waals surface area contributed by atoms with Gasteiger partial charge in [-0.1, -0.05) is 0 Å². The van der Waals surface area contributed by atoms with E-state index in [4.69, 9.17) is 4.74 Å². The molecule has 2 aliphatic heterocycles. The molecule has 1 aromatic heterocycles. The van der Waals surface area contributed by atoms with E-state index in [1.807, 2.05) is 0 Å². The molecule has 2 atom stereocenters. The largest absolute Gasteiger partial charge is 0.373 e. The lowest BCUT2D eigenvalue weighted by atomic mass is 10.1. The molecule has 2 aromatic rings. The number of anilines is 1. The molecule has 0 bridgehead atoms. The molecular weight excluding hydrogens is 240 g/mol. The van der Waals surface area contributed by atoms with Crippen molar-refractivity contribution in [2.75, 3.05) is 38.2 Å². The quantitative estimate of drug-likeness (QED) is 0.831. The van der Waals surface area contributed by atoms with Crippen LogP contribution >= 0.6 is 0 Å². The van der Waals surface area contributed by atoms with Crippen LogP contribution in [0.3, 0.4) is 0 Å². The van der Waals surface area contributed by atoms with E-state index in [9.17, 15) is 0 Å². The van der Waals surface area contributed by atoms with Gasteiger partial charge in [-0.3, -0.25) is 4.90 Å². The van der Waals surface area contributed by atoms with Crippen molar-refractivity contribution in [3.8, 4) is 0 Å². The fraction of sp³-hybridized carbons (Fsp3) is 0.500. The van der Waals surface area contributed by atoms with Crippen molar-refractivity contribution >= 4 is 16.7 Å². The third-order valence-electron chi connectivity index (χ3n) is 4.35. The van der Waals surface area contributed by atoms with Gasteiger partial charge in [-0.15, -0.1) is 0 Å². The van der Waals surface area contributed by atoms with Crippen molar-refractivity contribution in [3.63, 3.8) is 0 Å². The Balaban J connectivity index is 1.62. The van der Waals surface area contributed by atoms with Gasteiger partial charge in [-0.25, -0.2) is 4.98 Å². The standard InChI is InChI=1S/C14H18N4O/c1-17-4-5-19-14-8-18(7-13(14)17)10-2-3-11-12(6-10)16-9-15-11/h2-3,6,9,13-14H,4-5,7-8H2,1H3,(H,15,16)/t13-,14+/m0/s1. The van der Waals surface area contributed by atoms with Gasteiger partial charge < -0.3 is 14.6 Å². The normalized spacial score (nSPS) is 27.9. The van der Waals surface area contributed by atoms with Gasteiger partial charge in [0.25, 0.3) is 0 Å². The van der Waals surface area contributed by atoms with E-state index in [1.54, 1.807) is 6.33 Å². The van der Waals surface area contributed by atoms with Gasteiger partial charge in [-0.2, -0.15) is 0 Å². The predicted molar refractivity (Wildman–Crippen MR) is 74.5 cm³/mol. The SMILES string of the molecule is CN1CCO[C@@H]2CN(c3ccc4[nH]cnc4c3)C[C@@H]21. The van der Waals surface area contributed by atoms with Crippen molar-refractivity contribution in [3.05, 3.63) is 24.5 Å². The van der Waals surface area contributed by atoms with Crippen LogP contribution in [0.2, 0.25) is 0 Å². The molecule has 1 aromatic carbocycles. The molecule has 2 saturated heterocycles. The smallest absolute Gasteiger partial charge is 0.0931 e. The van der Waals surface area contributed by atoms with Crippen LogP contribution in [0.25, 0.3) is 11.0 Å². The van der Waals surface area contributed by atoms with Gasteiger partial charge in [0.05, 0.1) is 36.1 Å². The number of hydrogen-bond acceptors (Lipinski definition) is 4. The molecule has 0 amide bonds. The fourth-order valence-electron chi connectivity index (χ4n) is 3.19. The average molecular weight is 258 g/mol. The first-order valence-electron chi connectivity index (χ1n) is 6.81. The minimum atomic E-state index is 0.341. The van der Waals surface area contributed by atoms with Crippen LogP contribution in [0, 0.1) is 0 Å². The molecule has 19 heavy (non-hydrogen) atoms. The maximum Gasteiger partial charge on any atom is 0.0931 e. The first kappa shape index (κ1) is 11.3. The summed E-state index contributed by atoms with van der Waals surface area (Å²) in [4.78, 5) is 12.3. The van der Waals surface area contributed by atoms with E-state index in [2.05, 4.69) is 45.0 Å². The second-order valence-corrected chi connectivity index (χ2v) is 5.47. The van der Waals surface area contributed by atoms with Crippen molar-refractivity contribution in [1.29, 1.82) is 0 Å². The summed E-state index contributed by atoms with van der Waals surface area (Å²) in [6, 6.07) is 6.94. The maximum absolute atomic E-state index is 5.89. The Morgan fingerprint density at radius 2 is 2.32 bits per heavy atom. The van der Waals surface area contributed by atoms with E-state index < -0.39 is 0 Å². The highest BCUT2D eigenvalue weighted by molar-refractivity contribution is 5.79.